The summed E-state index contributed by atoms with van der Waals surface area (Å²) in [6.45, 7) is 1.90. The van der Waals surface area contributed by atoms with Crippen LogP contribution in [0.2, 0.25) is 0 Å². The van der Waals surface area contributed by atoms with Crippen molar-refractivity contribution in [2.45, 2.75) is 24.0 Å². The summed E-state index contributed by atoms with van der Waals surface area (Å²) in [6.07, 6.45) is -4.44. The van der Waals surface area contributed by atoms with Gasteiger partial charge in [-0.3, -0.25) is 4.79 Å². The van der Waals surface area contributed by atoms with Crippen LogP contribution in [0.15, 0.2) is 53.4 Å². The van der Waals surface area contributed by atoms with Crippen LogP contribution in [0.1, 0.15) is 34.5 Å². The minimum absolute atomic E-state index is 0.0802. The number of halogens is 3. The minimum atomic E-state index is -4.44. The van der Waals surface area contributed by atoms with Crippen molar-refractivity contribution in [2.24, 2.45) is 0 Å². The quantitative estimate of drug-likeness (QED) is 0.631. The van der Waals surface area contributed by atoms with Crippen molar-refractivity contribution in [3.8, 4) is 0 Å². The van der Waals surface area contributed by atoms with Crippen LogP contribution in [0.5, 0.6) is 0 Å². The molecule has 2 N–H and O–H groups in total. The summed E-state index contributed by atoms with van der Waals surface area (Å²) in [4.78, 5) is 12.4. The van der Waals surface area contributed by atoms with E-state index in [0.29, 0.717) is 5.56 Å². The summed E-state index contributed by atoms with van der Waals surface area (Å²) in [5.41, 5.74) is -0.187. The minimum Gasteiger partial charge on any atom is -0.383 e. The first-order valence-corrected chi connectivity index (χ1v) is 10.1. The predicted molar refractivity (Wildman–Crippen MR) is 101 cm³/mol. The van der Waals surface area contributed by atoms with Gasteiger partial charge in [-0.1, -0.05) is 18.2 Å². The second kappa shape index (κ2) is 9.38. The highest BCUT2D eigenvalue weighted by molar-refractivity contribution is 7.89. The second-order valence-electron chi connectivity index (χ2n) is 6.23. The topological polar surface area (TPSA) is 84.5 Å². The molecule has 0 aromatic heterocycles. The van der Waals surface area contributed by atoms with E-state index in [9.17, 15) is 26.4 Å². The Morgan fingerprint density at radius 1 is 1.14 bits per heavy atom. The van der Waals surface area contributed by atoms with E-state index >= 15 is 0 Å². The van der Waals surface area contributed by atoms with Gasteiger partial charge in [-0.15, -0.1) is 0 Å². The number of carbonyl (C=O) groups excluding carboxylic acids is 1. The molecule has 2 aromatic carbocycles. The number of hydrogen-bond acceptors (Lipinski definition) is 4. The van der Waals surface area contributed by atoms with Gasteiger partial charge >= 0.3 is 6.18 Å². The lowest BCUT2D eigenvalue weighted by Crippen LogP contribution is -2.29. The molecule has 0 aliphatic heterocycles. The van der Waals surface area contributed by atoms with E-state index in [1.54, 1.807) is 6.92 Å². The maximum absolute atomic E-state index is 12.7. The number of hydrogen-bond donors (Lipinski definition) is 2. The molecule has 29 heavy (non-hydrogen) atoms. The lowest BCUT2D eigenvalue weighted by atomic mass is 10.1. The number of carbonyl (C=O) groups is 1. The lowest BCUT2D eigenvalue weighted by Gasteiger charge is -2.16. The fourth-order valence-electron chi connectivity index (χ4n) is 2.49. The molecule has 10 heteroatoms. The molecule has 2 rings (SSSR count). The van der Waals surface area contributed by atoms with E-state index in [4.69, 9.17) is 4.74 Å². The van der Waals surface area contributed by atoms with Crippen molar-refractivity contribution in [3.05, 3.63) is 65.2 Å². The van der Waals surface area contributed by atoms with Crippen LogP contribution >= 0.6 is 0 Å². The summed E-state index contributed by atoms with van der Waals surface area (Å²) in [5.74, 6) is -0.550. The molecular weight excluding hydrogens is 409 g/mol. The SMILES string of the molecule is COCCNS(=O)(=O)c1cccc(C(=O)NC(C)c2ccc(C(F)(F)F)cc2)c1. The second-order valence-corrected chi connectivity index (χ2v) is 8.00. The van der Waals surface area contributed by atoms with Gasteiger partial charge < -0.3 is 10.1 Å². The molecule has 0 fully saturated rings. The van der Waals surface area contributed by atoms with Crippen LogP contribution in [0.3, 0.4) is 0 Å². The Labute approximate surface area is 167 Å². The van der Waals surface area contributed by atoms with E-state index in [2.05, 4.69) is 10.0 Å². The van der Waals surface area contributed by atoms with Gasteiger partial charge in [0.05, 0.1) is 23.1 Å². The van der Waals surface area contributed by atoms with Gasteiger partial charge in [0.25, 0.3) is 5.91 Å². The fraction of sp³-hybridized carbons (Fsp3) is 0.316. The lowest BCUT2D eigenvalue weighted by molar-refractivity contribution is -0.137. The molecule has 2 aromatic rings. The maximum atomic E-state index is 12.7. The Balaban J connectivity index is 2.11. The number of rotatable bonds is 8. The molecule has 1 atom stereocenters. The Bertz CT molecular complexity index is 945. The molecule has 0 aliphatic rings. The van der Waals surface area contributed by atoms with Crippen molar-refractivity contribution in [3.63, 3.8) is 0 Å². The molecule has 1 unspecified atom stereocenters. The molecular formula is C19H21F3N2O4S. The zero-order valence-corrected chi connectivity index (χ0v) is 16.6. The first-order valence-electron chi connectivity index (χ1n) is 8.61. The highest BCUT2D eigenvalue weighted by atomic mass is 32.2. The standard InChI is InChI=1S/C19H21F3N2O4S/c1-13(14-6-8-16(9-7-14)19(20,21)22)24-18(25)15-4-3-5-17(12-15)29(26,27)23-10-11-28-2/h3-9,12-13,23H,10-11H2,1-2H3,(H,24,25). The normalized spacial score (nSPS) is 13.1. The van der Waals surface area contributed by atoms with E-state index in [1.807, 2.05) is 0 Å². The largest absolute Gasteiger partial charge is 0.416 e. The fourth-order valence-corrected chi connectivity index (χ4v) is 3.55. The smallest absolute Gasteiger partial charge is 0.383 e. The third kappa shape index (κ3) is 6.28. The molecule has 0 heterocycles. The van der Waals surface area contributed by atoms with E-state index in [1.165, 1.54) is 43.5 Å². The number of sulfonamides is 1. The number of alkyl halides is 3. The zero-order chi connectivity index (χ0) is 21.7. The predicted octanol–water partition coefficient (Wildman–Crippen LogP) is 3.12. The highest BCUT2D eigenvalue weighted by Gasteiger charge is 2.30. The third-order valence-corrected chi connectivity index (χ3v) is 5.55. The van der Waals surface area contributed by atoms with Crippen molar-refractivity contribution >= 4 is 15.9 Å². The molecule has 158 valence electrons. The number of methoxy groups -OCH3 is 1. The Hall–Kier alpha value is -2.43. The first-order chi connectivity index (χ1) is 13.5. The van der Waals surface area contributed by atoms with Gasteiger partial charge in [0.1, 0.15) is 0 Å². The summed E-state index contributed by atoms with van der Waals surface area (Å²) >= 11 is 0. The third-order valence-electron chi connectivity index (χ3n) is 4.09. The van der Waals surface area contributed by atoms with Crippen molar-refractivity contribution in [2.75, 3.05) is 20.3 Å². The molecule has 0 bridgehead atoms. The molecule has 0 saturated carbocycles. The van der Waals surface area contributed by atoms with Crippen molar-refractivity contribution < 1.29 is 31.1 Å². The monoisotopic (exact) mass is 430 g/mol. The van der Waals surface area contributed by atoms with E-state index in [-0.39, 0.29) is 23.6 Å². The highest BCUT2D eigenvalue weighted by Crippen LogP contribution is 2.30. The van der Waals surface area contributed by atoms with Crippen LogP contribution in [0.25, 0.3) is 0 Å². The van der Waals surface area contributed by atoms with Gasteiger partial charge in [-0.25, -0.2) is 13.1 Å². The van der Waals surface area contributed by atoms with Gasteiger partial charge in [0.15, 0.2) is 0 Å². The molecule has 0 spiro atoms. The Morgan fingerprint density at radius 2 is 1.79 bits per heavy atom. The van der Waals surface area contributed by atoms with Gasteiger partial charge in [-0.2, -0.15) is 13.2 Å². The van der Waals surface area contributed by atoms with Crippen LogP contribution in [-0.2, 0) is 20.9 Å². The summed E-state index contributed by atoms with van der Waals surface area (Å²) < 4.78 is 69.6. The van der Waals surface area contributed by atoms with Gasteiger partial charge in [0, 0.05) is 19.2 Å². The average Bonchev–Trinajstić information content (AvgIpc) is 2.67. The number of nitrogens with one attached hydrogen (secondary N) is 2. The molecule has 0 saturated heterocycles. The summed E-state index contributed by atoms with van der Waals surface area (Å²) in [7, 11) is -2.36. The maximum Gasteiger partial charge on any atom is 0.416 e. The van der Waals surface area contributed by atoms with Crippen LogP contribution in [0.4, 0.5) is 13.2 Å². The number of benzene rings is 2. The summed E-state index contributed by atoms with van der Waals surface area (Å²) in [5, 5.41) is 2.65. The molecule has 0 radical (unpaired) electrons. The average molecular weight is 430 g/mol. The van der Waals surface area contributed by atoms with Crippen LogP contribution < -0.4 is 10.0 Å². The van der Waals surface area contributed by atoms with Crippen molar-refractivity contribution in [1.29, 1.82) is 0 Å². The van der Waals surface area contributed by atoms with Gasteiger partial charge in [0.2, 0.25) is 10.0 Å². The van der Waals surface area contributed by atoms with E-state index in [0.717, 1.165) is 12.1 Å². The number of amides is 1. The molecule has 6 nitrogen and oxygen atoms in total. The summed E-state index contributed by atoms with van der Waals surface area (Å²) in [6, 6.07) is 9.34. The van der Waals surface area contributed by atoms with Crippen LogP contribution in [-0.4, -0.2) is 34.6 Å². The molecule has 1 amide bonds. The Kier molecular flexibility index (Phi) is 7.39. The zero-order valence-electron chi connectivity index (χ0n) is 15.8. The first kappa shape index (κ1) is 22.9. The van der Waals surface area contributed by atoms with E-state index < -0.39 is 33.7 Å². The molecule has 0 aliphatic carbocycles. The van der Waals surface area contributed by atoms with Crippen molar-refractivity contribution in [1.82, 2.24) is 10.0 Å². The van der Waals surface area contributed by atoms with Gasteiger partial charge in [-0.05, 0) is 42.8 Å². The number of ether oxygens (including phenoxy) is 1. The van der Waals surface area contributed by atoms with Crippen LogP contribution in [0, 0.1) is 0 Å². The Morgan fingerprint density at radius 3 is 2.38 bits per heavy atom.